The van der Waals surface area contributed by atoms with Crippen molar-refractivity contribution >= 4 is 21.6 Å². The van der Waals surface area contributed by atoms with Gasteiger partial charge in [-0.15, -0.1) is 11.6 Å². The molecule has 0 N–H and O–H groups in total. The summed E-state index contributed by atoms with van der Waals surface area (Å²) in [5.74, 6) is 0.234. The van der Waals surface area contributed by atoms with Crippen LogP contribution < -0.4 is 0 Å². The van der Waals surface area contributed by atoms with Gasteiger partial charge in [0.2, 0.25) is 0 Å². The van der Waals surface area contributed by atoms with Crippen LogP contribution in [0.5, 0.6) is 0 Å². The summed E-state index contributed by atoms with van der Waals surface area (Å²) in [6.45, 7) is 3.43. The zero-order chi connectivity index (χ0) is 13.6. The van der Waals surface area contributed by atoms with Crippen LogP contribution in [0.2, 0.25) is 0 Å². The normalized spacial score (nSPS) is 12.2. The zero-order valence-electron chi connectivity index (χ0n) is 10.5. The molecule has 18 heavy (non-hydrogen) atoms. The molecule has 0 fully saturated rings. The van der Waals surface area contributed by atoms with Gasteiger partial charge in [0.1, 0.15) is 0 Å². The van der Waals surface area contributed by atoms with Gasteiger partial charge in [0.25, 0.3) is 10.0 Å². The smallest absolute Gasteiger partial charge is 0.262 e. The average Bonchev–Trinajstić information content (AvgIpc) is 2.83. The van der Waals surface area contributed by atoms with E-state index in [9.17, 15) is 8.42 Å². The average molecular weight is 296 g/mol. The van der Waals surface area contributed by atoms with Gasteiger partial charge in [0, 0.05) is 38.8 Å². The van der Waals surface area contributed by atoms with Gasteiger partial charge in [-0.25, -0.2) is 13.4 Å². The highest BCUT2D eigenvalue weighted by atomic mass is 35.5. The summed E-state index contributed by atoms with van der Waals surface area (Å²) in [4.78, 5) is 3.92. The van der Waals surface area contributed by atoms with Gasteiger partial charge < -0.3 is 9.30 Å². The molecule has 1 aromatic heterocycles. The Bertz CT molecular complexity index is 461. The van der Waals surface area contributed by atoms with E-state index < -0.39 is 10.0 Å². The van der Waals surface area contributed by atoms with Crippen LogP contribution in [0.3, 0.4) is 0 Å². The van der Waals surface area contributed by atoms with Gasteiger partial charge in [-0.05, 0) is 6.92 Å². The third-order valence-electron chi connectivity index (χ3n) is 2.46. The maximum atomic E-state index is 12.3. The van der Waals surface area contributed by atoms with Gasteiger partial charge in [-0.2, -0.15) is 4.31 Å². The lowest BCUT2D eigenvalue weighted by Crippen LogP contribution is -2.35. The van der Waals surface area contributed by atoms with Gasteiger partial charge in [-0.1, -0.05) is 0 Å². The second kappa shape index (κ2) is 7.08. The Labute approximate surface area is 113 Å². The van der Waals surface area contributed by atoms with E-state index in [0.717, 1.165) is 0 Å². The van der Waals surface area contributed by atoms with E-state index in [-0.39, 0.29) is 24.0 Å². The van der Waals surface area contributed by atoms with Crippen LogP contribution in [0.25, 0.3) is 0 Å². The Morgan fingerprint density at radius 2 is 2.22 bits per heavy atom. The molecule has 0 aliphatic heterocycles. The summed E-state index contributed by atoms with van der Waals surface area (Å²) in [5, 5.41) is 0.0468. The Kier molecular flexibility index (Phi) is 6.07. The number of imidazole rings is 1. The molecule has 0 aromatic carbocycles. The largest absolute Gasteiger partial charge is 0.383 e. The van der Waals surface area contributed by atoms with E-state index in [0.29, 0.717) is 13.2 Å². The molecule has 0 atom stereocenters. The van der Waals surface area contributed by atoms with Crippen molar-refractivity contribution in [3.63, 3.8) is 0 Å². The first-order valence-electron chi connectivity index (χ1n) is 5.63. The SMILES string of the molecule is CCn1cnc(S(=O)(=O)N(CCCl)CCOC)c1. The van der Waals surface area contributed by atoms with E-state index in [1.165, 1.54) is 23.9 Å². The number of sulfonamides is 1. The van der Waals surface area contributed by atoms with Crippen molar-refractivity contribution in [3.05, 3.63) is 12.5 Å². The number of methoxy groups -OCH3 is 1. The molecule has 1 rings (SSSR count). The maximum absolute atomic E-state index is 12.3. The molecule has 0 saturated carbocycles. The number of hydrogen-bond donors (Lipinski definition) is 0. The van der Waals surface area contributed by atoms with Gasteiger partial charge in [0.05, 0.1) is 12.9 Å². The highest BCUT2D eigenvalue weighted by Gasteiger charge is 2.25. The van der Waals surface area contributed by atoms with Crippen molar-refractivity contribution < 1.29 is 13.2 Å². The first kappa shape index (κ1) is 15.4. The van der Waals surface area contributed by atoms with Crippen LogP contribution in [-0.2, 0) is 21.3 Å². The highest BCUT2D eigenvalue weighted by Crippen LogP contribution is 2.13. The van der Waals surface area contributed by atoms with Crippen LogP contribution in [-0.4, -0.2) is 55.0 Å². The van der Waals surface area contributed by atoms with E-state index in [1.54, 1.807) is 4.57 Å². The van der Waals surface area contributed by atoms with E-state index in [4.69, 9.17) is 16.3 Å². The highest BCUT2D eigenvalue weighted by molar-refractivity contribution is 7.89. The van der Waals surface area contributed by atoms with Crippen molar-refractivity contribution in [2.75, 3.05) is 32.7 Å². The Hall–Kier alpha value is -0.630. The number of rotatable bonds is 8. The molecule has 0 aliphatic rings. The minimum atomic E-state index is -3.59. The number of halogens is 1. The van der Waals surface area contributed by atoms with Gasteiger partial charge in [-0.3, -0.25) is 0 Å². The quantitative estimate of drug-likeness (QED) is 0.665. The van der Waals surface area contributed by atoms with Crippen LogP contribution in [0.15, 0.2) is 17.6 Å². The first-order valence-corrected chi connectivity index (χ1v) is 7.60. The van der Waals surface area contributed by atoms with Crippen molar-refractivity contribution in [1.29, 1.82) is 0 Å². The lowest BCUT2D eigenvalue weighted by atomic mass is 10.6. The fourth-order valence-electron chi connectivity index (χ4n) is 1.42. The Morgan fingerprint density at radius 3 is 2.72 bits per heavy atom. The second-order valence-corrected chi connectivity index (χ2v) is 5.89. The third kappa shape index (κ3) is 3.68. The monoisotopic (exact) mass is 295 g/mol. The van der Waals surface area contributed by atoms with E-state index in [2.05, 4.69) is 4.98 Å². The lowest BCUT2D eigenvalue weighted by Gasteiger charge is -2.19. The number of hydrogen-bond acceptors (Lipinski definition) is 4. The minimum absolute atomic E-state index is 0.0468. The van der Waals surface area contributed by atoms with E-state index >= 15 is 0 Å². The Morgan fingerprint density at radius 1 is 1.50 bits per heavy atom. The van der Waals surface area contributed by atoms with Crippen molar-refractivity contribution in [3.8, 4) is 0 Å². The molecule has 6 nitrogen and oxygen atoms in total. The first-order chi connectivity index (χ1) is 8.56. The lowest BCUT2D eigenvalue weighted by molar-refractivity contribution is 0.180. The number of aryl methyl sites for hydroxylation is 1. The summed E-state index contributed by atoms with van der Waals surface area (Å²) in [6, 6.07) is 0. The van der Waals surface area contributed by atoms with Crippen molar-refractivity contribution in [1.82, 2.24) is 13.9 Å². The maximum Gasteiger partial charge on any atom is 0.262 e. The summed E-state index contributed by atoms with van der Waals surface area (Å²) < 4.78 is 32.5. The van der Waals surface area contributed by atoms with Crippen LogP contribution >= 0.6 is 11.6 Å². The molecule has 0 saturated heterocycles. The van der Waals surface area contributed by atoms with Gasteiger partial charge >= 0.3 is 0 Å². The standard InChI is InChI=1S/C10H18ClN3O3S/c1-3-13-8-10(12-9-13)18(15,16)14(5-4-11)6-7-17-2/h8-9H,3-7H2,1-2H3. The predicted molar refractivity (Wildman–Crippen MR) is 69.3 cm³/mol. The second-order valence-electron chi connectivity index (χ2n) is 3.63. The molecule has 0 aliphatic carbocycles. The topological polar surface area (TPSA) is 64.4 Å². The number of alkyl halides is 1. The summed E-state index contributed by atoms with van der Waals surface area (Å²) in [5.41, 5.74) is 0. The van der Waals surface area contributed by atoms with Gasteiger partial charge in [0.15, 0.2) is 5.03 Å². The third-order valence-corrected chi connectivity index (χ3v) is 4.41. The molecule has 104 valence electrons. The molecule has 0 bridgehead atoms. The number of nitrogens with zero attached hydrogens (tertiary/aromatic N) is 3. The molecule has 0 unspecified atom stereocenters. The molecule has 0 amide bonds. The van der Waals surface area contributed by atoms with E-state index in [1.807, 2.05) is 6.92 Å². The zero-order valence-corrected chi connectivity index (χ0v) is 12.1. The number of aromatic nitrogens is 2. The van der Waals surface area contributed by atoms with Crippen molar-refractivity contribution in [2.45, 2.75) is 18.5 Å². The fraction of sp³-hybridized carbons (Fsp3) is 0.700. The molecular formula is C10H18ClN3O3S. The molecule has 8 heteroatoms. The molecule has 0 radical (unpaired) electrons. The van der Waals surface area contributed by atoms with Crippen LogP contribution in [0.4, 0.5) is 0 Å². The molecule has 0 spiro atoms. The van der Waals surface area contributed by atoms with Crippen LogP contribution in [0.1, 0.15) is 6.92 Å². The minimum Gasteiger partial charge on any atom is -0.383 e. The van der Waals surface area contributed by atoms with Crippen molar-refractivity contribution in [2.24, 2.45) is 0 Å². The number of ether oxygens (including phenoxy) is 1. The summed E-state index contributed by atoms with van der Waals surface area (Å²) in [6.07, 6.45) is 3.02. The fourth-order valence-corrected chi connectivity index (χ4v) is 3.08. The predicted octanol–water partition coefficient (Wildman–Crippen LogP) is 0.779. The molecule has 1 heterocycles. The molecular weight excluding hydrogens is 278 g/mol. The Balaban J connectivity index is 2.92. The van der Waals surface area contributed by atoms with Crippen LogP contribution in [0, 0.1) is 0 Å². The summed E-state index contributed by atoms with van der Waals surface area (Å²) >= 11 is 5.63. The molecule has 1 aromatic rings. The summed E-state index contributed by atoms with van der Waals surface area (Å²) in [7, 11) is -2.06.